The Kier molecular flexibility index (Phi) is 7.55. The molecule has 2 aromatic heterocycles. The zero-order valence-corrected chi connectivity index (χ0v) is 24.7. The van der Waals surface area contributed by atoms with E-state index in [2.05, 4.69) is 16.5 Å². The average molecular weight is 610 g/mol. The molecule has 1 N–H and O–H groups in total. The summed E-state index contributed by atoms with van der Waals surface area (Å²) in [5.41, 5.74) is -1.85. The first-order chi connectivity index (χ1) is 20.2. The lowest BCUT2D eigenvalue weighted by Gasteiger charge is -2.44. The molecular formula is C30H29F2N5O5S. The van der Waals surface area contributed by atoms with Crippen LogP contribution in [0.4, 0.5) is 14.6 Å². The number of benzene rings is 2. The standard InChI is InChI=1S/C30H29F2N5O5S/c1-6-24(39)35-14-18(4)36(15-17(35)3)28-19-13-21(32)26(25-20(31)10-8-11-22(25)38)33-29(19)37(30(40)34-28)27-16(2)9-7-12-23(27)43(5,41)42/h6-13,17-18,38H,1,14-15H2,2-5H3/t17-,18+/m1/s1. The minimum Gasteiger partial charge on any atom is -0.507 e. The van der Waals surface area contributed by atoms with Crippen molar-refractivity contribution < 1.29 is 27.1 Å². The summed E-state index contributed by atoms with van der Waals surface area (Å²) in [6, 6.07) is 8.23. The van der Waals surface area contributed by atoms with Gasteiger partial charge in [0.25, 0.3) is 0 Å². The van der Waals surface area contributed by atoms with Crippen LogP contribution in [0, 0.1) is 18.6 Å². The predicted octanol–water partition coefficient (Wildman–Crippen LogP) is 3.76. The highest BCUT2D eigenvalue weighted by molar-refractivity contribution is 7.90. The average Bonchev–Trinajstić information content (AvgIpc) is 2.93. The van der Waals surface area contributed by atoms with Crippen molar-refractivity contribution in [2.45, 2.75) is 37.8 Å². The lowest BCUT2D eigenvalue weighted by Crippen LogP contribution is -2.58. The maximum atomic E-state index is 15.8. The van der Waals surface area contributed by atoms with Gasteiger partial charge in [-0.05, 0) is 56.7 Å². The van der Waals surface area contributed by atoms with Gasteiger partial charge in [-0.3, -0.25) is 4.79 Å². The van der Waals surface area contributed by atoms with Gasteiger partial charge in [0, 0.05) is 31.4 Å². The Hall–Kier alpha value is -4.65. The molecule has 1 aliphatic rings. The molecule has 0 spiro atoms. The molecule has 1 fully saturated rings. The number of nitrogens with zero attached hydrogens (tertiary/aromatic N) is 5. The number of piperazine rings is 1. The minimum absolute atomic E-state index is 0.0373. The maximum absolute atomic E-state index is 15.8. The lowest BCUT2D eigenvalue weighted by molar-refractivity contribution is -0.128. The molecule has 1 aliphatic heterocycles. The molecule has 224 valence electrons. The summed E-state index contributed by atoms with van der Waals surface area (Å²) in [5, 5.41) is 10.5. The monoisotopic (exact) mass is 609 g/mol. The van der Waals surface area contributed by atoms with Gasteiger partial charge in [-0.1, -0.05) is 24.8 Å². The number of carbonyl (C=O) groups excluding carboxylic acids is 1. The number of aryl methyl sites for hydroxylation is 1. The quantitative estimate of drug-likeness (QED) is 0.339. The van der Waals surface area contributed by atoms with Crippen molar-refractivity contribution in [1.82, 2.24) is 19.4 Å². The second kappa shape index (κ2) is 10.9. The molecule has 4 aromatic rings. The Bertz CT molecular complexity index is 1960. The van der Waals surface area contributed by atoms with Crippen molar-refractivity contribution in [2.24, 2.45) is 0 Å². The van der Waals surface area contributed by atoms with Gasteiger partial charge in [0.15, 0.2) is 21.3 Å². The zero-order chi connectivity index (χ0) is 31.4. The number of anilines is 1. The molecule has 1 saturated heterocycles. The Morgan fingerprint density at radius 1 is 1.07 bits per heavy atom. The van der Waals surface area contributed by atoms with E-state index in [1.54, 1.807) is 22.8 Å². The number of carbonyl (C=O) groups is 1. The number of hydrogen-bond donors (Lipinski definition) is 1. The number of halogens is 2. The third kappa shape index (κ3) is 5.13. The van der Waals surface area contributed by atoms with E-state index in [1.807, 2.05) is 13.8 Å². The Labute approximate surface area is 246 Å². The number of phenols is 1. The fourth-order valence-corrected chi connectivity index (χ4v) is 6.44. The molecule has 2 aromatic carbocycles. The van der Waals surface area contributed by atoms with Gasteiger partial charge >= 0.3 is 5.69 Å². The molecule has 0 saturated carbocycles. The van der Waals surface area contributed by atoms with Crippen LogP contribution in [-0.4, -0.2) is 70.3 Å². The number of amides is 1. The van der Waals surface area contributed by atoms with Crippen LogP contribution in [0.15, 0.2) is 64.8 Å². The van der Waals surface area contributed by atoms with E-state index in [-0.39, 0.29) is 58.5 Å². The van der Waals surface area contributed by atoms with Crippen LogP contribution >= 0.6 is 0 Å². The number of phenolic OH excluding ortho intramolecular Hbond substituents is 1. The van der Waals surface area contributed by atoms with E-state index < -0.39 is 44.2 Å². The lowest BCUT2D eigenvalue weighted by atomic mass is 10.1. The molecule has 0 unspecified atom stereocenters. The van der Waals surface area contributed by atoms with Gasteiger partial charge in [-0.25, -0.2) is 31.5 Å². The van der Waals surface area contributed by atoms with Crippen LogP contribution in [-0.2, 0) is 14.6 Å². The molecule has 10 nitrogen and oxygen atoms in total. The molecule has 0 bridgehead atoms. The summed E-state index contributed by atoms with van der Waals surface area (Å²) in [4.78, 5) is 38.2. The molecule has 5 rings (SSSR count). The summed E-state index contributed by atoms with van der Waals surface area (Å²) < 4.78 is 57.4. The fraction of sp³-hybridized carbons (Fsp3) is 0.267. The van der Waals surface area contributed by atoms with Gasteiger partial charge in [-0.2, -0.15) is 4.98 Å². The van der Waals surface area contributed by atoms with Gasteiger partial charge in [0.05, 0.1) is 21.5 Å². The largest absolute Gasteiger partial charge is 0.507 e. The first-order valence-electron chi connectivity index (χ1n) is 13.4. The second-order valence-electron chi connectivity index (χ2n) is 10.6. The zero-order valence-electron chi connectivity index (χ0n) is 23.9. The van der Waals surface area contributed by atoms with Crippen molar-refractivity contribution in [2.75, 3.05) is 24.2 Å². The van der Waals surface area contributed by atoms with Crippen LogP contribution < -0.4 is 10.6 Å². The van der Waals surface area contributed by atoms with E-state index in [4.69, 9.17) is 0 Å². The van der Waals surface area contributed by atoms with E-state index in [0.717, 1.165) is 23.0 Å². The molecule has 0 aliphatic carbocycles. The SMILES string of the molecule is C=CC(=O)N1C[C@H](C)N(c2nc(=O)n(-c3c(C)cccc3S(C)(=O)=O)c3nc(-c4c(O)cccc4F)c(F)cc23)C[C@H]1C. The summed E-state index contributed by atoms with van der Waals surface area (Å²) in [6.45, 7) is 9.26. The maximum Gasteiger partial charge on any atom is 0.355 e. The number of fused-ring (bicyclic) bond motifs is 1. The number of sulfone groups is 1. The van der Waals surface area contributed by atoms with Crippen LogP contribution in [0.25, 0.3) is 28.0 Å². The summed E-state index contributed by atoms with van der Waals surface area (Å²) in [5.74, 6) is -2.73. The second-order valence-corrected chi connectivity index (χ2v) is 12.6. The first kappa shape index (κ1) is 29.8. The van der Waals surface area contributed by atoms with Crippen LogP contribution in [0.3, 0.4) is 0 Å². The summed E-state index contributed by atoms with van der Waals surface area (Å²) in [7, 11) is -3.88. The smallest absolute Gasteiger partial charge is 0.355 e. The van der Waals surface area contributed by atoms with Gasteiger partial charge in [0.1, 0.15) is 23.1 Å². The van der Waals surface area contributed by atoms with E-state index in [9.17, 15) is 27.5 Å². The normalized spacial score (nSPS) is 17.3. The number of rotatable bonds is 5. The van der Waals surface area contributed by atoms with Gasteiger partial charge in [-0.15, -0.1) is 0 Å². The van der Waals surface area contributed by atoms with E-state index >= 15 is 4.39 Å². The molecular weight excluding hydrogens is 580 g/mol. The van der Waals surface area contributed by atoms with Crippen LogP contribution in [0.1, 0.15) is 19.4 Å². The minimum atomic E-state index is -3.88. The predicted molar refractivity (Wildman–Crippen MR) is 158 cm³/mol. The number of aromatic nitrogens is 3. The van der Waals surface area contributed by atoms with Crippen molar-refractivity contribution in [3.05, 3.63) is 82.8 Å². The highest BCUT2D eigenvalue weighted by Gasteiger charge is 2.34. The number of aromatic hydroxyl groups is 1. The highest BCUT2D eigenvalue weighted by Crippen LogP contribution is 2.37. The third-order valence-corrected chi connectivity index (χ3v) is 8.70. The molecule has 3 heterocycles. The first-order valence-corrected chi connectivity index (χ1v) is 15.2. The molecule has 1 amide bonds. The number of para-hydroxylation sites is 1. The van der Waals surface area contributed by atoms with Crippen molar-refractivity contribution in [3.8, 4) is 22.7 Å². The van der Waals surface area contributed by atoms with Crippen molar-refractivity contribution in [1.29, 1.82) is 0 Å². The molecule has 43 heavy (non-hydrogen) atoms. The van der Waals surface area contributed by atoms with Gasteiger partial charge in [0.2, 0.25) is 5.91 Å². The topological polar surface area (TPSA) is 126 Å². The van der Waals surface area contributed by atoms with Crippen LogP contribution in [0.5, 0.6) is 5.75 Å². The Morgan fingerprint density at radius 3 is 2.42 bits per heavy atom. The third-order valence-electron chi connectivity index (χ3n) is 7.57. The van der Waals surface area contributed by atoms with Crippen LogP contribution in [0.2, 0.25) is 0 Å². The molecule has 2 atom stereocenters. The Balaban J connectivity index is 1.87. The highest BCUT2D eigenvalue weighted by atomic mass is 32.2. The number of pyridine rings is 1. The summed E-state index contributed by atoms with van der Waals surface area (Å²) in [6.07, 6.45) is 2.21. The number of hydrogen-bond acceptors (Lipinski definition) is 8. The Morgan fingerprint density at radius 2 is 1.77 bits per heavy atom. The fourth-order valence-electron chi connectivity index (χ4n) is 5.51. The molecule has 13 heteroatoms. The van der Waals surface area contributed by atoms with Crippen molar-refractivity contribution in [3.63, 3.8) is 0 Å². The summed E-state index contributed by atoms with van der Waals surface area (Å²) >= 11 is 0. The van der Waals surface area contributed by atoms with E-state index in [0.29, 0.717) is 5.56 Å². The van der Waals surface area contributed by atoms with Gasteiger partial charge < -0.3 is 14.9 Å². The van der Waals surface area contributed by atoms with E-state index in [1.165, 1.54) is 30.3 Å². The molecule has 0 radical (unpaired) electrons. The van der Waals surface area contributed by atoms with Crippen molar-refractivity contribution >= 4 is 32.6 Å².